The van der Waals surface area contributed by atoms with Crippen LogP contribution in [0.5, 0.6) is 0 Å². The summed E-state index contributed by atoms with van der Waals surface area (Å²) in [5.74, 6) is -1.07. The van der Waals surface area contributed by atoms with E-state index in [4.69, 9.17) is 13.7 Å². The third-order valence-electron chi connectivity index (χ3n) is 7.39. The van der Waals surface area contributed by atoms with E-state index >= 15 is 0 Å². The molecule has 1 saturated heterocycles. The molecular formula is C20H30O7S. The normalized spacial score (nSPS) is 37.6. The maximum atomic E-state index is 13.3. The molecule has 0 aromatic carbocycles. The molecule has 28 heavy (non-hydrogen) atoms. The van der Waals surface area contributed by atoms with Crippen molar-refractivity contribution in [1.82, 2.24) is 0 Å². The van der Waals surface area contributed by atoms with Gasteiger partial charge in [0, 0.05) is 11.8 Å². The highest BCUT2D eigenvalue weighted by Gasteiger charge is 2.66. The van der Waals surface area contributed by atoms with Crippen molar-refractivity contribution in [3.63, 3.8) is 0 Å². The quantitative estimate of drug-likeness (QED) is 0.504. The SMILES string of the molecule is CCC(C)(C)C(=O)OC1(C(=O)OC2C3CC4OS(=O)(=O)C2C4C3)CCCCC1. The second-order valence-corrected chi connectivity index (χ2v) is 11.3. The van der Waals surface area contributed by atoms with E-state index in [0.717, 1.165) is 19.3 Å². The number of hydrogen-bond acceptors (Lipinski definition) is 7. The van der Waals surface area contributed by atoms with Crippen LogP contribution < -0.4 is 0 Å². The standard InChI is InChI=1S/C20H30O7S/c1-4-19(2,3)17(21)26-20(8-6-5-7-9-20)18(22)25-15-12-10-13-14(11-12)27-28(23,24)16(13)15/h12-16H,4-11H2,1-3H3. The molecule has 4 aliphatic rings. The van der Waals surface area contributed by atoms with Gasteiger partial charge in [-0.2, -0.15) is 8.42 Å². The highest BCUT2D eigenvalue weighted by molar-refractivity contribution is 7.87. The number of fused-ring (bicyclic) bond motifs is 1. The van der Waals surface area contributed by atoms with Gasteiger partial charge in [0.2, 0.25) is 5.60 Å². The molecule has 5 atom stereocenters. The van der Waals surface area contributed by atoms with E-state index in [1.54, 1.807) is 13.8 Å². The molecule has 158 valence electrons. The van der Waals surface area contributed by atoms with Gasteiger partial charge >= 0.3 is 11.9 Å². The number of ether oxygens (including phenoxy) is 2. The largest absolute Gasteiger partial charge is 0.458 e. The molecule has 2 bridgehead atoms. The zero-order valence-corrected chi connectivity index (χ0v) is 17.6. The van der Waals surface area contributed by atoms with Gasteiger partial charge in [0.05, 0.1) is 11.5 Å². The molecule has 1 aliphatic heterocycles. The molecule has 0 spiro atoms. The molecule has 0 aromatic heterocycles. The lowest BCUT2D eigenvalue weighted by Crippen LogP contribution is -2.51. The fraction of sp³-hybridized carbons (Fsp3) is 0.900. The van der Waals surface area contributed by atoms with E-state index in [1.165, 1.54) is 0 Å². The molecule has 4 rings (SSSR count). The van der Waals surface area contributed by atoms with Gasteiger partial charge in [-0.25, -0.2) is 4.79 Å². The van der Waals surface area contributed by atoms with Crippen LogP contribution in [-0.4, -0.2) is 43.4 Å². The van der Waals surface area contributed by atoms with Gasteiger partial charge in [0.25, 0.3) is 10.1 Å². The lowest BCUT2D eigenvalue weighted by atomic mass is 9.83. The maximum Gasteiger partial charge on any atom is 0.350 e. The van der Waals surface area contributed by atoms with Gasteiger partial charge in [0.15, 0.2) is 0 Å². The summed E-state index contributed by atoms with van der Waals surface area (Å²) >= 11 is 0. The summed E-state index contributed by atoms with van der Waals surface area (Å²) in [5, 5.41) is -0.774. The first kappa shape index (κ1) is 20.1. The van der Waals surface area contributed by atoms with Crippen molar-refractivity contribution in [2.24, 2.45) is 17.3 Å². The third kappa shape index (κ3) is 3.07. The number of carbonyl (C=O) groups excluding carboxylic acids is 2. The molecule has 0 radical (unpaired) electrons. The summed E-state index contributed by atoms with van der Waals surface area (Å²) in [7, 11) is -3.71. The zero-order valence-electron chi connectivity index (χ0n) is 16.8. The predicted octanol–water partition coefficient (Wildman–Crippen LogP) is 2.72. The van der Waals surface area contributed by atoms with Crippen molar-refractivity contribution in [3.8, 4) is 0 Å². The molecule has 5 unspecified atom stereocenters. The van der Waals surface area contributed by atoms with Crippen molar-refractivity contribution in [2.75, 3.05) is 0 Å². The molecule has 1 heterocycles. The van der Waals surface area contributed by atoms with Crippen LogP contribution in [0.4, 0.5) is 0 Å². The Kier molecular flexibility index (Phi) is 4.81. The smallest absolute Gasteiger partial charge is 0.350 e. The van der Waals surface area contributed by atoms with Crippen LogP contribution in [0.1, 0.15) is 72.1 Å². The summed E-state index contributed by atoms with van der Waals surface area (Å²) in [4.78, 5) is 26.0. The average molecular weight is 415 g/mol. The summed E-state index contributed by atoms with van der Waals surface area (Å²) < 4.78 is 41.6. The van der Waals surface area contributed by atoms with Crippen LogP contribution in [0.25, 0.3) is 0 Å². The van der Waals surface area contributed by atoms with Crippen LogP contribution in [0.15, 0.2) is 0 Å². The van der Waals surface area contributed by atoms with E-state index in [-0.39, 0.29) is 17.9 Å². The fourth-order valence-corrected chi connectivity index (χ4v) is 7.26. The van der Waals surface area contributed by atoms with Gasteiger partial charge < -0.3 is 9.47 Å². The molecule has 3 saturated carbocycles. The first-order valence-corrected chi connectivity index (χ1v) is 11.9. The maximum absolute atomic E-state index is 13.3. The first-order chi connectivity index (χ1) is 13.1. The third-order valence-corrected chi connectivity index (χ3v) is 9.19. The van der Waals surface area contributed by atoms with E-state index < -0.39 is 44.4 Å². The molecule has 0 aromatic rings. The minimum Gasteiger partial charge on any atom is -0.458 e. The Morgan fingerprint density at radius 3 is 2.46 bits per heavy atom. The Morgan fingerprint density at radius 1 is 1.14 bits per heavy atom. The minimum absolute atomic E-state index is 0.00431. The number of carbonyl (C=O) groups is 2. The van der Waals surface area contributed by atoms with Crippen LogP contribution in [-0.2, 0) is 33.4 Å². The van der Waals surface area contributed by atoms with Gasteiger partial charge in [-0.1, -0.05) is 13.3 Å². The van der Waals surface area contributed by atoms with Crippen molar-refractivity contribution < 1.29 is 31.7 Å². The molecule has 7 nitrogen and oxygen atoms in total. The second-order valence-electron chi connectivity index (χ2n) is 9.54. The number of hydrogen-bond donors (Lipinski definition) is 0. The average Bonchev–Trinajstić information content (AvgIpc) is 3.24. The Morgan fingerprint density at radius 2 is 1.82 bits per heavy atom. The van der Waals surface area contributed by atoms with E-state index in [1.807, 2.05) is 6.92 Å². The summed E-state index contributed by atoms with van der Waals surface area (Å²) in [6.45, 7) is 5.51. The molecule has 0 amide bonds. The van der Waals surface area contributed by atoms with E-state index in [9.17, 15) is 18.0 Å². The minimum atomic E-state index is -3.71. The van der Waals surface area contributed by atoms with E-state index in [0.29, 0.717) is 32.1 Å². The molecule has 3 aliphatic carbocycles. The second kappa shape index (κ2) is 6.69. The predicted molar refractivity (Wildman–Crippen MR) is 99.7 cm³/mol. The van der Waals surface area contributed by atoms with Crippen molar-refractivity contribution in [1.29, 1.82) is 0 Å². The Hall–Kier alpha value is -1.15. The monoisotopic (exact) mass is 414 g/mol. The molecule has 0 N–H and O–H groups in total. The Balaban J connectivity index is 1.55. The van der Waals surface area contributed by atoms with Crippen molar-refractivity contribution in [3.05, 3.63) is 0 Å². The molecule has 4 fully saturated rings. The molecule has 8 heteroatoms. The lowest BCUT2D eigenvalue weighted by Gasteiger charge is -2.38. The lowest BCUT2D eigenvalue weighted by molar-refractivity contribution is -0.197. The summed E-state index contributed by atoms with van der Waals surface area (Å²) in [6.07, 6.45) is 4.34. The van der Waals surface area contributed by atoms with Crippen LogP contribution in [0.3, 0.4) is 0 Å². The Labute approximate surface area is 166 Å². The highest BCUT2D eigenvalue weighted by Crippen LogP contribution is 2.55. The summed E-state index contributed by atoms with van der Waals surface area (Å²) in [6, 6.07) is 0. The van der Waals surface area contributed by atoms with Crippen molar-refractivity contribution in [2.45, 2.75) is 95.2 Å². The fourth-order valence-electron chi connectivity index (χ4n) is 5.25. The number of rotatable bonds is 5. The van der Waals surface area contributed by atoms with E-state index in [2.05, 4.69) is 0 Å². The molecular weight excluding hydrogens is 384 g/mol. The zero-order chi connectivity index (χ0) is 20.3. The van der Waals surface area contributed by atoms with Gasteiger partial charge in [-0.3, -0.25) is 8.98 Å². The first-order valence-electron chi connectivity index (χ1n) is 10.5. The van der Waals surface area contributed by atoms with Crippen molar-refractivity contribution >= 4 is 22.1 Å². The number of esters is 2. The van der Waals surface area contributed by atoms with Gasteiger partial charge in [-0.05, 0) is 58.8 Å². The summed E-state index contributed by atoms with van der Waals surface area (Å²) in [5.41, 5.74) is -1.99. The van der Waals surface area contributed by atoms with Crippen LogP contribution in [0, 0.1) is 17.3 Å². The van der Waals surface area contributed by atoms with Gasteiger partial charge in [0.1, 0.15) is 11.4 Å². The van der Waals surface area contributed by atoms with Gasteiger partial charge in [-0.15, -0.1) is 0 Å². The Bertz CT molecular complexity index is 763. The van der Waals surface area contributed by atoms with Crippen LogP contribution >= 0.6 is 0 Å². The highest BCUT2D eigenvalue weighted by atomic mass is 32.2. The van der Waals surface area contributed by atoms with Crippen LogP contribution in [0.2, 0.25) is 0 Å². The topological polar surface area (TPSA) is 96.0 Å².